The molecule has 2 atom stereocenters. The molecule has 0 rings (SSSR count). The molecule has 0 aromatic heterocycles. The maximum atomic E-state index is 10.2. The summed E-state index contributed by atoms with van der Waals surface area (Å²) >= 11 is 0. The van der Waals surface area contributed by atoms with Crippen LogP contribution in [0.25, 0.3) is 0 Å². The molecule has 0 aromatic carbocycles. The van der Waals surface area contributed by atoms with Gasteiger partial charge in [-0.1, -0.05) is 51.5 Å². The van der Waals surface area contributed by atoms with Crippen LogP contribution in [0, 0.1) is 11.8 Å². The molecule has 0 aliphatic carbocycles. The van der Waals surface area contributed by atoms with Crippen LogP contribution in [0.5, 0.6) is 0 Å². The summed E-state index contributed by atoms with van der Waals surface area (Å²) in [4.78, 5) is 0. The lowest BCUT2D eigenvalue weighted by Crippen LogP contribution is -1.90. The van der Waals surface area contributed by atoms with E-state index in [1.54, 1.807) is 6.08 Å². The van der Waals surface area contributed by atoms with E-state index in [4.69, 9.17) is 0 Å². The van der Waals surface area contributed by atoms with Crippen molar-refractivity contribution in [2.75, 3.05) is 6.61 Å². The van der Waals surface area contributed by atoms with E-state index >= 15 is 0 Å². The van der Waals surface area contributed by atoms with E-state index in [0.717, 1.165) is 6.42 Å². The number of rotatable bonds is 7. The highest BCUT2D eigenvalue weighted by molar-refractivity contribution is 4.93. The highest BCUT2D eigenvalue weighted by Crippen LogP contribution is 2.10. The molecule has 0 aliphatic rings. The summed E-state index contributed by atoms with van der Waals surface area (Å²) in [6.45, 7) is 6.50. The van der Waals surface area contributed by atoms with Crippen LogP contribution in [0.15, 0.2) is 24.3 Å². The summed E-state index contributed by atoms with van der Waals surface area (Å²) < 4.78 is 0. The fourth-order valence-corrected chi connectivity index (χ4v) is 1.44. The van der Waals surface area contributed by atoms with Gasteiger partial charge < -0.3 is 0 Å². The lowest BCUT2D eigenvalue weighted by molar-refractivity contribution is 0.232. The van der Waals surface area contributed by atoms with Crippen molar-refractivity contribution in [3.8, 4) is 0 Å². The maximum Gasteiger partial charge on any atom is 0.100 e. The Bertz CT molecular complexity index is 170. The SMILES string of the molecule is CCCC(C)/C=C/CC(C)/C=C/C[O]. The Hall–Kier alpha value is -0.560. The molecule has 0 bridgehead atoms. The Morgan fingerprint density at radius 2 is 1.71 bits per heavy atom. The van der Waals surface area contributed by atoms with Crippen LogP contribution in [-0.4, -0.2) is 6.61 Å². The lowest BCUT2D eigenvalue weighted by atomic mass is 10.0. The van der Waals surface area contributed by atoms with Gasteiger partial charge in [0.2, 0.25) is 0 Å². The van der Waals surface area contributed by atoms with Gasteiger partial charge in [-0.05, 0) is 24.7 Å². The van der Waals surface area contributed by atoms with Gasteiger partial charge in [0.25, 0.3) is 0 Å². The molecule has 0 aliphatic heterocycles. The van der Waals surface area contributed by atoms with Gasteiger partial charge in [0.05, 0.1) is 0 Å². The van der Waals surface area contributed by atoms with E-state index in [0.29, 0.717) is 11.8 Å². The van der Waals surface area contributed by atoms with Gasteiger partial charge in [0, 0.05) is 0 Å². The van der Waals surface area contributed by atoms with Crippen molar-refractivity contribution in [2.45, 2.75) is 40.0 Å². The van der Waals surface area contributed by atoms with E-state index in [1.165, 1.54) is 12.8 Å². The molecule has 14 heavy (non-hydrogen) atoms. The van der Waals surface area contributed by atoms with Crippen LogP contribution in [0.3, 0.4) is 0 Å². The van der Waals surface area contributed by atoms with Crippen LogP contribution < -0.4 is 0 Å². The van der Waals surface area contributed by atoms with Crippen LogP contribution in [-0.2, 0) is 5.11 Å². The van der Waals surface area contributed by atoms with Crippen molar-refractivity contribution in [1.82, 2.24) is 0 Å². The maximum absolute atomic E-state index is 10.2. The lowest BCUT2D eigenvalue weighted by Gasteiger charge is -2.04. The van der Waals surface area contributed by atoms with Gasteiger partial charge in [-0.3, -0.25) is 0 Å². The molecule has 0 saturated heterocycles. The smallest absolute Gasteiger partial charge is 0.100 e. The molecule has 81 valence electrons. The largest absolute Gasteiger partial charge is 0.232 e. The zero-order valence-corrected chi connectivity index (χ0v) is 9.70. The molecule has 0 amide bonds. The topological polar surface area (TPSA) is 19.9 Å². The molecule has 0 N–H and O–H groups in total. The fraction of sp³-hybridized carbons (Fsp3) is 0.692. The van der Waals surface area contributed by atoms with E-state index < -0.39 is 0 Å². The van der Waals surface area contributed by atoms with Gasteiger partial charge in [0.15, 0.2) is 0 Å². The summed E-state index contributed by atoms with van der Waals surface area (Å²) in [6, 6.07) is 0. The molecule has 0 heterocycles. The average molecular weight is 195 g/mol. The molecule has 1 radical (unpaired) electrons. The molecular formula is C13H23O. The van der Waals surface area contributed by atoms with Gasteiger partial charge >= 0.3 is 0 Å². The Balaban J connectivity index is 3.64. The third-order valence-corrected chi connectivity index (χ3v) is 2.28. The summed E-state index contributed by atoms with van der Waals surface area (Å²) in [5.41, 5.74) is 0. The average Bonchev–Trinajstić information content (AvgIpc) is 2.15. The van der Waals surface area contributed by atoms with Gasteiger partial charge in [0.1, 0.15) is 6.61 Å². The first-order valence-corrected chi connectivity index (χ1v) is 5.62. The minimum atomic E-state index is -0.0969. The summed E-state index contributed by atoms with van der Waals surface area (Å²) in [6.07, 6.45) is 11.8. The zero-order valence-electron chi connectivity index (χ0n) is 9.70. The summed E-state index contributed by atoms with van der Waals surface area (Å²) in [7, 11) is 0. The first kappa shape index (κ1) is 13.4. The van der Waals surface area contributed by atoms with Gasteiger partial charge in [-0.15, -0.1) is 0 Å². The quantitative estimate of drug-likeness (QED) is 0.547. The molecular weight excluding hydrogens is 172 g/mol. The summed E-state index contributed by atoms with van der Waals surface area (Å²) in [5.74, 6) is 1.18. The van der Waals surface area contributed by atoms with Crippen molar-refractivity contribution in [3.05, 3.63) is 24.3 Å². The highest BCUT2D eigenvalue weighted by atomic mass is 16.2. The van der Waals surface area contributed by atoms with Crippen LogP contribution in [0.4, 0.5) is 0 Å². The highest BCUT2D eigenvalue weighted by Gasteiger charge is 1.95. The predicted molar refractivity (Wildman–Crippen MR) is 61.7 cm³/mol. The molecule has 1 nitrogen and oxygen atoms in total. The van der Waals surface area contributed by atoms with Crippen molar-refractivity contribution in [3.63, 3.8) is 0 Å². The van der Waals surface area contributed by atoms with E-state index in [-0.39, 0.29) is 6.61 Å². The van der Waals surface area contributed by atoms with E-state index in [9.17, 15) is 5.11 Å². The second-order valence-electron chi connectivity index (χ2n) is 4.00. The molecule has 1 heteroatoms. The van der Waals surface area contributed by atoms with Crippen molar-refractivity contribution in [1.29, 1.82) is 0 Å². The first-order chi connectivity index (χ1) is 6.70. The number of hydrogen-bond acceptors (Lipinski definition) is 0. The van der Waals surface area contributed by atoms with Crippen molar-refractivity contribution in [2.24, 2.45) is 11.8 Å². The second kappa shape index (κ2) is 9.01. The zero-order chi connectivity index (χ0) is 10.8. The van der Waals surface area contributed by atoms with Crippen LogP contribution >= 0.6 is 0 Å². The molecule has 0 saturated carbocycles. The second-order valence-corrected chi connectivity index (χ2v) is 4.00. The Morgan fingerprint density at radius 1 is 1.07 bits per heavy atom. The molecule has 0 fully saturated rings. The van der Waals surface area contributed by atoms with E-state index in [2.05, 4.69) is 32.9 Å². The number of hydrogen-bond donors (Lipinski definition) is 0. The first-order valence-electron chi connectivity index (χ1n) is 5.62. The third-order valence-electron chi connectivity index (χ3n) is 2.28. The Morgan fingerprint density at radius 3 is 2.29 bits per heavy atom. The van der Waals surface area contributed by atoms with E-state index in [1.807, 2.05) is 6.08 Å². The van der Waals surface area contributed by atoms with Crippen molar-refractivity contribution < 1.29 is 5.11 Å². The fourth-order valence-electron chi connectivity index (χ4n) is 1.44. The Kier molecular flexibility index (Phi) is 8.65. The molecule has 2 unspecified atom stereocenters. The Labute approximate surface area is 88.5 Å². The van der Waals surface area contributed by atoms with Gasteiger partial charge in [-0.2, -0.15) is 0 Å². The third kappa shape index (κ3) is 8.06. The van der Waals surface area contributed by atoms with Crippen LogP contribution in [0.1, 0.15) is 40.0 Å². The monoisotopic (exact) mass is 195 g/mol. The normalized spacial score (nSPS) is 16.6. The molecule has 0 spiro atoms. The number of allylic oxidation sites excluding steroid dienone is 3. The predicted octanol–water partition coefficient (Wildman–Crippen LogP) is 3.99. The minimum absolute atomic E-state index is 0.0969. The summed E-state index contributed by atoms with van der Waals surface area (Å²) in [5, 5.41) is 10.2. The van der Waals surface area contributed by atoms with Crippen molar-refractivity contribution >= 4 is 0 Å². The van der Waals surface area contributed by atoms with Crippen LogP contribution in [0.2, 0.25) is 0 Å². The molecule has 0 aromatic rings. The minimum Gasteiger partial charge on any atom is -0.232 e. The standard InChI is InChI=1S/C13H23O/c1-4-7-12(2)8-5-9-13(3)10-6-11-14/h5-6,8,10,12-13H,4,7,9,11H2,1-3H3/b8-5+,10-6+. The van der Waals surface area contributed by atoms with Gasteiger partial charge in [-0.25, -0.2) is 5.11 Å².